The topological polar surface area (TPSA) is 55.2 Å². The monoisotopic (exact) mass is 453 g/mol. The minimum atomic E-state index is -0.118. The highest BCUT2D eigenvalue weighted by Gasteiger charge is 2.19. The molecule has 3 aromatic rings. The van der Waals surface area contributed by atoms with E-state index in [9.17, 15) is 9.59 Å². The Hall–Kier alpha value is -1.93. The Morgan fingerprint density at radius 2 is 2.07 bits per heavy atom. The van der Waals surface area contributed by atoms with Crippen molar-refractivity contribution in [1.29, 1.82) is 0 Å². The second kappa shape index (κ2) is 9.05. The van der Waals surface area contributed by atoms with Crippen LogP contribution in [0.25, 0.3) is 11.3 Å². The number of thiazole rings is 2. The van der Waals surface area contributed by atoms with Crippen LogP contribution in [0.2, 0.25) is 10.0 Å². The van der Waals surface area contributed by atoms with Crippen LogP contribution in [-0.2, 0) is 11.3 Å². The number of rotatable bonds is 7. The minimum absolute atomic E-state index is 0.0586. The van der Waals surface area contributed by atoms with Crippen LogP contribution in [0.5, 0.6) is 0 Å². The van der Waals surface area contributed by atoms with Gasteiger partial charge < -0.3 is 4.57 Å². The fraction of sp³-hybridized carbons (Fsp3) is 0.211. The minimum Gasteiger partial charge on any atom is -0.303 e. The number of aromatic nitrogens is 2. The number of nitrogens with zero attached hydrogens (tertiary/aromatic N) is 3. The molecule has 1 amide bonds. The molecule has 0 bridgehead atoms. The molecule has 0 aliphatic rings. The smallest absolute Gasteiger partial charge is 0.303 e. The van der Waals surface area contributed by atoms with Gasteiger partial charge in [0.1, 0.15) is 0 Å². The molecular weight excluding hydrogens is 437 g/mol. The van der Waals surface area contributed by atoms with Crippen molar-refractivity contribution >= 4 is 56.9 Å². The highest BCUT2D eigenvalue weighted by molar-refractivity contribution is 7.14. The number of amides is 1. The van der Waals surface area contributed by atoms with E-state index in [0.717, 1.165) is 22.6 Å². The van der Waals surface area contributed by atoms with Crippen LogP contribution in [0.3, 0.4) is 0 Å². The maximum absolute atomic E-state index is 12.8. The molecule has 9 heteroatoms. The predicted molar refractivity (Wildman–Crippen MR) is 118 cm³/mol. The Bertz CT molecular complexity index is 1070. The van der Waals surface area contributed by atoms with Crippen molar-refractivity contribution in [1.82, 2.24) is 9.55 Å². The van der Waals surface area contributed by atoms with Crippen LogP contribution in [0.15, 0.2) is 46.4 Å². The molecule has 0 aliphatic heterocycles. The third-order valence-electron chi connectivity index (χ3n) is 4.08. The van der Waals surface area contributed by atoms with E-state index >= 15 is 0 Å². The molecule has 0 unspecified atom stereocenters. The van der Waals surface area contributed by atoms with E-state index in [0.29, 0.717) is 34.0 Å². The number of hydrogen-bond acceptors (Lipinski definition) is 5. The molecule has 0 atom stereocenters. The number of hydrogen-bond donors (Lipinski definition) is 0. The van der Waals surface area contributed by atoms with Gasteiger partial charge >= 0.3 is 4.87 Å². The third-order valence-corrected chi connectivity index (χ3v) is 6.56. The Labute approximate surface area is 180 Å². The van der Waals surface area contributed by atoms with Gasteiger partial charge in [-0.1, -0.05) is 46.7 Å². The quantitative estimate of drug-likeness (QED) is 0.458. The summed E-state index contributed by atoms with van der Waals surface area (Å²) >= 11 is 14.6. The summed E-state index contributed by atoms with van der Waals surface area (Å²) in [5.41, 5.74) is 2.39. The zero-order chi connectivity index (χ0) is 20.3. The van der Waals surface area contributed by atoms with Crippen molar-refractivity contribution in [2.75, 3.05) is 11.4 Å². The summed E-state index contributed by atoms with van der Waals surface area (Å²) in [5, 5.41) is 5.15. The van der Waals surface area contributed by atoms with Gasteiger partial charge in [-0.2, -0.15) is 0 Å². The molecule has 0 spiro atoms. The first kappa shape index (κ1) is 20.8. The second-order valence-electron chi connectivity index (χ2n) is 5.98. The third kappa shape index (κ3) is 4.55. The van der Waals surface area contributed by atoms with Gasteiger partial charge in [0.15, 0.2) is 5.13 Å². The van der Waals surface area contributed by atoms with Crippen molar-refractivity contribution in [3.05, 3.63) is 67.0 Å². The first-order chi connectivity index (χ1) is 13.4. The fourth-order valence-corrected chi connectivity index (χ4v) is 4.53. The number of benzene rings is 1. The predicted octanol–water partition coefficient (Wildman–Crippen LogP) is 5.26. The van der Waals surface area contributed by atoms with Gasteiger partial charge in [-0.25, -0.2) is 4.98 Å². The molecule has 0 saturated heterocycles. The van der Waals surface area contributed by atoms with Crippen LogP contribution >= 0.6 is 45.9 Å². The van der Waals surface area contributed by atoms with Crippen LogP contribution in [0, 0.1) is 6.92 Å². The normalized spacial score (nSPS) is 10.8. The molecular formula is C19H17Cl2N3O2S2. The highest BCUT2D eigenvalue weighted by atomic mass is 35.5. The lowest BCUT2D eigenvalue weighted by molar-refractivity contribution is -0.118. The number of aryl methyl sites for hydroxylation is 1. The Morgan fingerprint density at radius 3 is 2.71 bits per heavy atom. The van der Waals surface area contributed by atoms with Gasteiger partial charge in [0, 0.05) is 41.5 Å². The lowest BCUT2D eigenvalue weighted by Gasteiger charge is -2.18. The van der Waals surface area contributed by atoms with Crippen molar-refractivity contribution in [3.8, 4) is 11.3 Å². The SMILES string of the molecule is C=CCN(C(=O)CCn1c(C)csc1=O)c1nc(-c2ccc(Cl)c(Cl)c2)cs1. The van der Waals surface area contributed by atoms with Crippen molar-refractivity contribution < 1.29 is 4.79 Å². The van der Waals surface area contributed by atoms with Crippen molar-refractivity contribution in [3.63, 3.8) is 0 Å². The number of halogens is 2. The molecule has 1 aromatic carbocycles. The summed E-state index contributed by atoms with van der Waals surface area (Å²) in [5.74, 6) is -0.118. The maximum atomic E-state index is 12.8. The zero-order valence-electron chi connectivity index (χ0n) is 15.0. The molecule has 0 N–H and O–H groups in total. The second-order valence-corrected chi connectivity index (χ2v) is 8.45. The number of carbonyl (C=O) groups excluding carboxylic acids is 1. The molecule has 0 fully saturated rings. The van der Waals surface area contributed by atoms with Crippen LogP contribution in [0.4, 0.5) is 5.13 Å². The van der Waals surface area contributed by atoms with Gasteiger partial charge in [-0.05, 0) is 19.1 Å². The summed E-state index contributed by atoms with van der Waals surface area (Å²) in [7, 11) is 0. The van der Waals surface area contributed by atoms with E-state index in [2.05, 4.69) is 11.6 Å². The van der Waals surface area contributed by atoms with Crippen LogP contribution in [-0.4, -0.2) is 22.0 Å². The van der Waals surface area contributed by atoms with E-state index in [1.807, 2.05) is 18.4 Å². The van der Waals surface area contributed by atoms with Gasteiger partial charge in [-0.15, -0.1) is 17.9 Å². The van der Waals surface area contributed by atoms with Crippen LogP contribution < -0.4 is 9.77 Å². The Kier molecular flexibility index (Phi) is 6.72. The molecule has 3 rings (SSSR count). The molecule has 5 nitrogen and oxygen atoms in total. The van der Waals surface area contributed by atoms with Crippen molar-refractivity contribution in [2.24, 2.45) is 0 Å². The van der Waals surface area contributed by atoms with E-state index in [4.69, 9.17) is 23.2 Å². The van der Waals surface area contributed by atoms with E-state index in [-0.39, 0.29) is 17.2 Å². The van der Waals surface area contributed by atoms with Gasteiger partial charge in [0.2, 0.25) is 5.91 Å². The number of anilines is 1. The largest absolute Gasteiger partial charge is 0.307 e. The van der Waals surface area contributed by atoms with Crippen molar-refractivity contribution in [2.45, 2.75) is 19.9 Å². The summed E-state index contributed by atoms with van der Waals surface area (Å²) in [6.45, 7) is 6.26. The van der Waals surface area contributed by atoms with E-state index in [1.54, 1.807) is 33.1 Å². The molecule has 0 saturated carbocycles. The zero-order valence-corrected chi connectivity index (χ0v) is 18.2. The lowest BCUT2D eigenvalue weighted by Crippen LogP contribution is -2.32. The molecule has 2 heterocycles. The average Bonchev–Trinajstić information content (AvgIpc) is 3.27. The molecule has 2 aromatic heterocycles. The Balaban J connectivity index is 1.79. The Morgan fingerprint density at radius 1 is 1.29 bits per heavy atom. The van der Waals surface area contributed by atoms with Crippen LogP contribution in [0.1, 0.15) is 12.1 Å². The van der Waals surface area contributed by atoms with Gasteiger partial charge in [0.25, 0.3) is 0 Å². The van der Waals surface area contributed by atoms with Gasteiger partial charge in [0.05, 0.1) is 15.7 Å². The van der Waals surface area contributed by atoms with Gasteiger partial charge in [-0.3, -0.25) is 14.5 Å². The van der Waals surface area contributed by atoms with E-state index < -0.39 is 0 Å². The lowest BCUT2D eigenvalue weighted by atomic mass is 10.2. The van der Waals surface area contributed by atoms with E-state index in [1.165, 1.54) is 11.3 Å². The first-order valence-electron chi connectivity index (χ1n) is 8.38. The highest BCUT2D eigenvalue weighted by Crippen LogP contribution is 2.32. The first-order valence-corrected chi connectivity index (χ1v) is 10.9. The summed E-state index contributed by atoms with van der Waals surface area (Å²) in [4.78, 5) is 30.7. The molecule has 0 aliphatic carbocycles. The molecule has 0 radical (unpaired) electrons. The summed E-state index contributed by atoms with van der Waals surface area (Å²) < 4.78 is 1.61. The molecule has 146 valence electrons. The average molecular weight is 454 g/mol. The fourth-order valence-electron chi connectivity index (χ4n) is 2.61. The maximum Gasteiger partial charge on any atom is 0.307 e. The summed E-state index contributed by atoms with van der Waals surface area (Å²) in [6, 6.07) is 5.29. The standard InChI is InChI=1S/C19H17Cl2N3O2S2/c1-3-7-24(17(25)6-8-23-12(2)10-28-19(23)26)18-22-16(11-27-18)13-4-5-14(20)15(21)9-13/h3-5,9-11H,1,6-8H2,2H3. The summed E-state index contributed by atoms with van der Waals surface area (Å²) in [6.07, 6.45) is 1.85. The molecule has 28 heavy (non-hydrogen) atoms. The number of carbonyl (C=O) groups is 1.